The Kier molecular flexibility index (Phi) is 3.80. The van der Waals surface area contributed by atoms with Gasteiger partial charge >= 0.3 is 0 Å². The topological polar surface area (TPSA) is 49.3 Å². The standard InChI is InChI=1S/C12H21NO2S/c1-7(10(6-14)16-2)13-12(15)11-8-4-3-5-9(8)11/h7-11,14H,3-6H2,1-2H3,(H,13,15). The van der Waals surface area contributed by atoms with Crippen molar-refractivity contribution in [2.24, 2.45) is 17.8 Å². The van der Waals surface area contributed by atoms with Crippen LogP contribution >= 0.6 is 11.8 Å². The second-order valence-corrected chi connectivity index (χ2v) is 6.12. The first-order valence-corrected chi connectivity index (χ1v) is 7.41. The van der Waals surface area contributed by atoms with Crippen LogP contribution < -0.4 is 5.32 Å². The molecule has 2 saturated carbocycles. The Balaban J connectivity index is 1.79. The van der Waals surface area contributed by atoms with E-state index < -0.39 is 0 Å². The number of hydrogen-bond acceptors (Lipinski definition) is 3. The number of thioether (sulfide) groups is 1. The molecule has 0 aliphatic heterocycles. The van der Waals surface area contributed by atoms with Gasteiger partial charge in [-0.1, -0.05) is 6.42 Å². The van der Waals surface area contributed by atoms with E-state index in [4.69, 9.17) is 5.11 Å². The Hall–Kier alpha value is -0.220. The fourth-order valence-electron chi connectivity index (χ4n) is 3.06. The molecule has 0 aromatic rings. The minimum Gasteiger partial charge on any atom is -0.395 e. The summed E-state index contributed by atoms with van der Waals surface area (Å²) in [5, 5.41) is 12.3. The zero-order valence-corrected chi connectivity index (χ0v) is 10.8. The smallest absolute Gasteiger partial charge is 0.223 e. The Morgan fingerprint density at radius 1 is 1.50 bits per heavy atom. The number of amides is 1. The van der Waals surface area contributed by atoms with Gasteiger partial charge in [-0.2, -0.15) is 11.8 Å². The van der Waals surface area contributed by atoms with Gasteiger partial charge in [-0.25, -0.2) is 0 Å². The Labute approximate surface area is 101 Å². The number of hydrogen-bond donors (Lipinski definition) is 2. The number of rotatable bonds is 5. The SMILES string of the molecule is CSC(CO)C(C)NC(=O)C1C2CCCC21. The third-order valence-corrected chi connectivity index (χ3v) is 5.28. The number of carbonyl (C=O) groups is 1. The maximum atomic E-state index is 12.0. The molecular formula is C12H21NO2S. The van der Waals surface area contributed by atoms with Gasteiger partial charge in [-0.15, -0.1) is 0 Å². The maximum absolute atomic E-state index is 12.0. The predicted molar refractivity (Wildman–Crippen MR) is 66.3 cm³/mol. The van der Waals surface area contributed by atoms with Gasteiger partial charge in [0, 0.05) is 17.2 Å². The van der Waals surface area contributed by atoms with Crippen LogP contribution in [0.4, 0.5) is 0 Å². The van der Waals surface area contributed by atoms with E-state index in [2.05, 4.69) is 5.32 Å². The zero-order valence-electron chi connectivity index (χ0n) is 9.98. The summed E-state index contributed by atoms with van der Waals surface area (Å²) in [6.45, 7) is 2.10. The Bertz CT molecular complexity index is 258. The second kappa shape index (κ2) is 4.96. The molecule has 16 heavy (non-hydrogen) atoms. The van der Waals surface area contributed by atoms with E-state index in [0.717, 1.165) is 0 Å². The normalized spacial score (nSPS) is 35.3. The molecule has 4 unspecified atom stereocenters. The van der Waals surface area contributed by atoms with Crippen LogP contribution in [0.2, 0.25) is 0 Å². The average Bonchev–Trinajstić information content (AvgIpc) is 2.75. The molecule has 0 saturated heterocycles. The highest BCUT2D eigenvalue weighted by Crippen LogP contribution is 2.57. The molecule has 3 nitrogen and oxygen atoms in total. The molecule has 0 aromatic carbocycles. The van der Waals surface area contributed by atoms with Gasteiger partial charge in [0.15, 0.2) is 0 Å². The highest BCUT2D eigenvalue weighted by molar-refractivity contribution is 7.99. The molecular weight excluding hydrogens is 222 g/mol. The molecule has 2 fully saturated rings. The number of carbonyl (C=O) groups excluding carboxylic acids is 1. The van der Waals surface area contributed by atoms with Gasteiger partial charge in [-0.05, 0) is 37.9 Å². The highest BCUT2D eigenvalue weighted by Gasteiger charge is 2.56. The first-order valence-electron chi connectivity index (χ1n) is 6.13. The predicted octanol–water partition coefficient (Wildman–Crippen LogP) is 1.26. The molecule has 0 radical (unpaired) electrons. The van der Waals surface area contributed by atoms with E-state index in [1.165, 1.54) is 19.3 Å². The van der Waals surface area contributed by atoms with Crippen LogP contribution in [0.1, 0.15) is 26.2 Å². The van der Waals surface area contributed by atoms with E-state index in [9.17, 15) is 4.79 Å². The van der Waals surface area contributed by atoms with Crippen LogP contribution in [0.25, 0.3) is 0 Å². The van der Waals surface area contributed by atoms with Crippen molar-refractivity contribution in [2.75, 3.05) is 12.9 Å². The van der Waals surface area contributed by atoms with Crippen LogP contribution in [0.5, 0.6) is 0 Å². The van der Waals surface area contributed by atoms with Gasteiger partial charge in [0.1, 0.15) is 0 Å². The first-order chi connectivity index (χ1) is 7.69. The summed E-state index contributed by atoms with van der Waals surface area (Å²) in [7, 11) is 0. The maximum Gasteiger partial charge on any atom is 0.223 e. The molecule has 4 heteroatoms. The number of aliphatic hydroxyl groups is 1. The van der Waals surface area contributed by atoms with Crippen LogP contribution in [-0.4, -0.2) is 35.2 Å². The molecule has 2 aliphatic rings. The molecule has 0 aromatic heterocycles. The fourth-order valence-corrected chi connectivity index (χ4v) is 3.69. The van der Waals surface area contributed by atoms with Gasteiger partial charge in [0.05, 0.1) is 6.61 Å². The zero-order chi connectivity index (χ0) is 11.7. The van der Waals surface area contributed by atoms with Crippen molar-refractivity contribution >= 4 is 17.7 Å². The van der Waals surface area contributed by atoms with Crippen molar-refractivity contribution in [3.05, 3.63) is 0 Å². The molecule has 1 amide bonds. The third kappa shape index (κ3) is 2.23. The summed E-state index contributed by atoms with van der Waals surface area (Å²) in [6, 6.07) is 0.0637. The van der Waals surface area contributed by atoms with Crippen LogP contribution in [0.3, 0.4) is 0 Å². The summed E-state index contributed by atoms with van der Waals surface area (Å²) in [5.74, 6) is 1.86. The van der Waals surface area contributed by atoms with E-state index in [-0.39, 0.29) is 29.7 Å². The summed E-state index contributed by atoms with van der Waals surface area (Å²) in [4.78, 5) is 12.0. The minimum atomic E-state index is 0.0637. The van der Waals surface area contributed by atoms with E-state index in [1.54, 1.807) is 11.8 Å². The lowest BCUT2D eigenvalue weighted by Gasteiger charge is -2.21. The first kappa shape index (κ1) is 12.2. The largest absolute Gasteiger partial charge is 0.395 e. The summed E-state index contributed by atoms with van der Waals surface area (Å²) in [5.41, 5.74) is 0. The minimum absolute atomic E-state index is 0.0637. The van der Waals surface area contributed by atoms with Crippen molar-refractivity contribution in [1.29, 1.82) is 0 Å². The molecule has 0 spiro atoms. The number of nitrogens with one attached hydrogen (secondary N) is 1. The van der Waals surface area contributed by atoms with Crippen molar-refractivity contribution in [2.45, 2.75) is 37.5 Å². The van der Waals surface area contributed by atoms with E-state index >= 15 is 0 Å². The van der Waals surface area contributed by atoms with Crippen LogP contribution in [-0.2, 0) is 4.79 Å². The van der Waals surface area contributed by atoms with Crippen molar-refractivity contribution < 1.29 is 9.90 Å². The monoisotopic (exact) mass is 243 g/mol. The molecule has 2 rings (SSSR count). The van der Waals surface area contributed by atoms with Gasteiger partial charge < -0.3 is 10.4 Å². The fraction of sp³-hybridized carbons (Fsp3) is 0.917. The lowest BCUT2D eigenvalue weighted by atomic mass is 10.1. The summed E-state index contributed by atoms with van der Waals surface area (Å²) in [6.07, 6.45) is 5.75. The van der Waals surface area contributed by atoms with Gasteiger partial charge in [0.2, 0.25) is 5.91 Å². The number of fused-ring (bicyclic) bond motifs is 1. The van der Waals surface area contributed by atoms with E-state index in [1.807, 2.05) is 13.2 Å². The molecule has 0 heterocycles. The van der Waals surface area contributed by atoms with Gasteiger partial charge in [-0.3, -0.25) is 4.79 Å². The van der Waals surface area contributed by atoms with Crippen molar-refractivity contribution in [3.63, 3.8) is 0 Å². The van der Waals surface area contributed by atoms with Crippen molar-refractivity contribution in [1.82, 2.24) is 5.32 Å². The summed E-state index contributed by atoms with van der Waals surface area (Å²) >= 11 is 1.61. The Morgan fingerprint density at radius 2 is 2.12 bits per heavy atom. The van der Waals surface area contributed by atoms with E-state index in [0.29, 0.717) is 11.8 Å². The lowest BCUT2D eigenvalue weighted by molar-refractivity contribution is -0.123. The summed E-state index contributed by atoms with van der Waals surface area (Å²) < 4.78 is 0. The van der Waals surface area contributed by atoms with Crippen LogP contribution in [0.15, 0.2) is 0 Å². The molecule has 92 valence electrons. The number of aliphatic hydroxyl groups excluding tert-OH is 1. The molecule has 2 N–H and O–H groups in total. The quantitative estimate of drug-likeness (QED) is 0.764. The van der Waals surface area contributed by atoms with Gasteiger partial charge in [0.25, 0.3) is 0 Å². The lowest BCUT2D eigenvalue weighted by Crippen LogP contribution is -2.42. The average molecular weight is 243 g/mol. The highest BCUT2D eigenvalue weighted by atomic mass is 32.2. The molecule has 2 aliphatic carbocycles. The van der Waals surface area contributed by atoms with Crippen LogP contribution in [0, 0.1) is 17.8 Å². The second-order valence-electron chi connectivity index (χ2n) is 5.04. The molecule has 4 atom stereocenters. The molecule has 0 bridgehead atoms. The Morgan fingerprint density at radius 3 is 2.62 bits per heavy atom. The van der Waals surface area contributed by atoms with Crippen molar-refractivity contribution in [3.8, 4) is 0 Å². The third-order valence-electron chi connectivity index (χ3n) is 4.12.